The lowest BCUT2D eigenvalue weighted by molar-refractivity contribution is -0.140. The molecule has 1 amide bonds. The predicted molar refractivity (Wildman–Crippen MR) is 85.8 cm³/mol. The Balaban J connectivity index is 1.70. The Bertz CT molecular complexity index is 651. The number of aromatic nitrogens is 1. The molecule has 7 heteroatoms. The Kier molecular flexibility index (Phi) is 4.12. The largest absolute Gasteiger partial charge is 0.402 e. The minimum Gasteiger partial charge on any atom is -0.402 e. The summed E-state index contributed by atoms with van der Waals surface area (Å²) in [6, 6.07) is 3.53. The van der Waals surface area contributed by atoms with E-state index < -0.39 is 5.83 Å². The van der Waals surface area contributed by atoms with E-state index in [1.54, 1.807) is 12.3 Å². The zero-order valence-corrected chi connectivity index (χ0v) is 13.0. The van der Waals surface area contributed by atoms with Gasteiger partial charge in [0.05, 0.1) is 17.7 Å². The molecule has 0 radical (unpaired) electrons. The molecule has 2 aliphatic rings. The molecule has 0 aromatic carbocycles. The highest BCUT2D eigenvalue weighted by Crippen LogP contribution is 2.39. The number of carbonyl (C=O) groups excluding carboxylic acids is 1. The first-order valence-corrected chi connectivity index (χ1v) is 7.65. The number of pyridine rings is 1. The lowest BCUT2D eigenvalue weighted by Gasteiger charge is -2.38. The molecular weight excluding hydrogens is 297 g/mol. The maximum Gasteiger partial charge on any atom is 0.231 e. The third-order valence-electron chi connectivity index (χ3n) is 4.67. The molecule has 2 aliphatic heterocycles. The summed E-state index contributed by atoms with van der Waals surface area (Å²) in [5.41, 5.74) is 5.79. The second-order valence-corrected chi connectivity index (χ2v) is 6.07. The van der Waals surface area contributed by atoms with Gasteiger partial charge in [0.25, 0.3) is 0 Å². The predicted octanol–water partition coefficient (Wildman–Crippen LogP) is 1.44. The first-order valence-electron chi connectivity index (χ1n) is 7.65. The number of likely N-dealkylation sites (tertiary alicyclic amines) is 1. The lowest BCUT2D eigenvalue weighted by Crippen LogP contribution is -2.57. The first-order chi connectivity index (χ1) is 11.1. The van der Waals surface area contributed by atoms with E-state index in [1.807, 2.05) is 17.9 Å². The number of halogens is 1. The van der Waals surface area contributed by atoms with Crippen LogP contribution in [0.1, 0.15) is 24.9 Å². The van der Waals surface area contributed by atoms with Crippen LogP contribution in [0.4, 0.5) is 10.2 Å². The molecule has 3 heterocycles. The van der Waals surface area contributed by atoms with Crippen molar-refractivity contribution in [1.29, 1.82) is 0 Å². The first kappa shape index (κ1) is 15.6. The monoisotopic (exact) mass is 317 g/mol. The second-order valence-electron chi connectivity index (χ2n) is 6.07. The van der Waals surface area contributed by atoms with Crippen LogP contribution in [0.3, 0.4) is 0 Å². The third-order valence-corrected chi connectivity index (χ3v) is 4.67. The van der Waals surface area contributed by atoms with Crippen molar-refractivity contribution in [3.05, 3.63) is 35.9 Å². The Morgan fingerprint density at radius 2 is 2.35 bits per heavy atom. The van der Waals surface area contributed by atoms with Gasteiger partial charge in [0.1, 0.15) is 0 Å². The molecule has 6 nitrogen and oxygen atoms in total. The summed E-state index contributed by atoms with van der Waals surface area (Å²) in [4.78, 5) is 22.6. The van der Waals surface area contributed by atoms with E-state index in [0.29, 0.717) is 5.82 Å². The van der Waals surface area contributed by atoms with Gasteiger partial charge in [-0.05, 0) is 25.0 Å². The third kappa shape index (κ3) is 2.84. The van der Waals surface area contributed by atoms with Crippen LogP contribution in [-0.2, 0) is 4.79 Å². The second kappa shape index (κ2) is 6.08. The fourth-order valence-corrected chi connectivity index (χ4v) is 3.04. The van der Waals surface area contributed by atoms with Crippen LogP contribution < -0.4 is 11.1 Å². The molecular formula is C16H20FN5O. The molecule has 0 bridgehead atoms. The van der Waals surface area contributed by atoms with Gasteiger partial charge in [0.15, 0.2) is 11.6 Å². The Morgan fingerprint density at radius 1 is 1.57 bits per heavy atom. The van der Waals surface area contributed by atoms with E-state index >= 15 is 0 Å². The van der Waals surface area contributed by atoms with Crippen molar-refractivity contribution in [2.24, 2.45) is 16.1 Å². The van der Waals surface area contributed by atoms with E-state index in [9.17, 15) is 9.18 Å². The molecule has 122 valence electrons. The van der Waals surface area contributed by atoms with Crippen LogP contribution in [-0.4, -0.2) is 41.6 Å². The van der Waals surface area contributed by atoms with Crippen molar-refractivity contribution >= 4 is 17.9 Å². The topological polar surface area (TPSA) is 83.6 Å². The maximum atomic E-state index is 12.9. The normalized spacial score (nSPS) is 21.9. The number of nitrogens with two attached hydrogens (primary N) is 1. The number of nitrogens with one attached hydrogen (secondary N) is 1. The molecule has 3 rings (SSSR count). The summed E-state index contributed by atoms with van der Waals surface area (Å²) >= 11 is 0. The van der Waals surface area contributed by atoms with Crippen molar-refractivity contribution in [2.45, 2.75) is 19.4 Å². The van der Waals surface area contributed by atoms with Crippen molar-refractivity contribution in [3.63, 3.8) is 0 Å². The SMILES string of the molecule is C[C@@H](c1ccc(N=CC(F)=CN)nc1)N1CCC2(CNC2)C1=O. The van der Waals surface area contributed by atoms with Gasteiger partial charge < -0.3 is 16.0 Å². The zero-order valence-electron chi connectivity index (χ0n) is 13.0. The summed E-state index contributed by atoms with van der Waals surface area (Å²) in [7, 11) is 0. The van der Waals surface area contributed by atoms with Gasteiger partial charge in [0.2, 0.25) is 5.91 Å². The Hall–Kier alpha value is -2.28. The van der Waals surface area contributed by atoms with E-state index in [4.69, 9.17) is 5.73 Å². The van der Waals surface area contributed by atoms with Crippen molar-refractivity contribution < 1.29 is 9.18 Å². The Labute approximate surface area is 134 Å². The molecule has 23 heavy (non-hydrogen) atoms. The smallest absolute Gasteiger partial charge is 0.231 e. The van der Waals surface area contributed by atoms with Crippen molar-refractivity contribution in [2.75, 3.05) is 19.6 Å². The van der Waals surface area contributed by atoms with Crippen LogP contribution in [0.2, 0.25) is 0 Å². The Morgan fingerprint density at radius 3 is 2.87 bits per heavy atom. The maximum absolute atomic E-state index is 12.9. The van der Waals surface area contributed by atoms with Gasteiger partial charge in [0, 0.05) is 32.0 Å². The highest BCUT2D eigenvalue weighted by atomic mass is 19.1. The minimum atomic E-state index is -0.619. The number of hydrogen-bond donors (Lipinski definition) is 2. The van der Waals surface area contributed by atoms with Gasteiger partial charge in [-0.2, -0.15) is 0 Å². The van der Waals surface area contributed by atoms with Crippen molar-refractivity contribution in [1.82, 2.24) is 15.2 Å². The van der Waals surface area contributed by atoms with Crippen LogP contribution >= 0.6 is 0 Å². The van der Waals surface area contributed by atoms with Gasteiger partial charge in [-0.3, -0.25) is 4.79 Å². The van der Waals surface area contributed by atoms with Gasteiger partial charge >= 0.3 is 0 Å². The molecule has 3 N–H and O–H groups in total. The molecule has 2 saturated heterocycles. The number of nitrogens with zero attached hydrogens (tertiary/aromatic N) is 3. The van der Waals surface area contributed by atoms with Gasteiger partial charge in [-0.25, -0.2) is 14.4 Å². The zero-order chi connectivity index (χ0) is 16.4. The number of aliphatic imine (C=N–C) groups is 1. The van der Waals surface area contributed by atoms with Gasteiger partial charge in [-0.15, -0.1) is 0 Å². The van der Waals surface area contributed by atoms with Crippen LogP contribution in [0, 0.1) is 5.41 Å². The fraction of sp³-hybridized carbons (Fsp3) is 0.438. The summed E-state index contributed by atoms with van der Waals surface area (Å²) in [5, 5.41) is 3.19. The summed E-state index contributed by atoms with van der Waals surface area (Å²) in [6.07, 6.45) is 4.44. The molecule has 1 aromatic rings. The van der Waals surface area contributed by atoms with Crippen molar-refractivity contribution in [3.8, 4) is 0 Å². The standard InChI is InChI=1S/C16H20FN5O/c1-11(22-5-4-16(15(22)23)9-19-10-16)12-2-3-14(20-7-12)21-8-13(17)6-18/h2-3,6-8,11,19H,4-5,9-10,18H2,1H3/t11-/m0/s1. The molecule has 0 aliphatic carbocycles. The molecule has 2 fully saturated rings. The quantitative estimate of drug-likeness (QED) is 0.823. The number of carbonyl (C=O) groups is 1. The molecule has 0 unspecified atom stereocenters. The van der Waals surface area contributed by atoms with Gasteiger partial charge in [-0.1, -0.05) is 6.07 Å². The summed E-state index contributed by atoms with van der Waals surface area (Å²) in [5.74, 6) is -0.00215. The molecule has 1 spiro atoms. The number of hydrogen-bond acceptors (Lipinski definition) is 5. The van der Waals surface area contributed by atoms with E-state index in [0.717, 1.165) is 44.0 Å². The number of allylic oxidation sites excluding steroid dienone is 1. The average Bonchev–Trinajstić information content (AvgIpc) is 2.90. The van der Waals surface area contributed by atoms with Crippen LogP contribution in [0.25, 0.3) is 0 Å². The molecule has 1 aromatic heterocycles. The van der Waals surface area contributed by atoms with E-state index in [1.165, 1.54) is 0 Å². The summed E-state index contributed by atoms with van der Waals surface area (Å²) < 4.78 is 12.9. The van der Waals surface area contributed by atoms with E-state index in [2.05, 4.69) is 15.3 Å². The fourth-order valence-electron chi connectivity index (χ4n) is 3.04. The van der Waals surface area contributed by atoms with Crippen LogP contribution in [0.15, 0.2) is 35.3 Å². The molecule has 0 saturated carbocycles. The highest BCUT2D eigenvalue weighted by Gasteiger charge is 2.51. The highest BCUT2D eigenvalue weighted by molar-refractivity contribution is 5.86. The minimum absolute atomic E-state index is 0.0336. The van der Waals surface area contributed by atoms with Crippen LogP contribution in [0.5, 0.6) is 0 Å². The molecule has 1 atom stereocenters. The number of rotatable bonds is 4. The summed E-state index contributed by atoms with van der Waals surface area (Å²) in [6.45, 7) is 4.33. The lowest BCUT2D eigenvalue weighted by atomic mass is 9.80. The average molecular weight is 317 g/mol. The number of amides is 1. The van der Waals surface area contributed by atoms with E-state index in [-0.39, 0.29) is 17.4 Å².